The number of aromatic nitrogens is 3. The molecule has 1 aromatic rings. The maximum absolute atomic E-state index is 5.66. The summed E-state index contributed by atoms with van der Waals surface area (Å²) < 4.78 is 11.1. The smallest absolute Gasteiger partial charge is 0.245 e. The molecular formula is C13H21N5O2. The topological polar surface area (TPSA) is 75.3 Å². The molecule has 2 N–H and O–H groups in total. The van der Waals surface area contributed by atoms with Crippen LogP contribution in [0.25, 0.3) is 0 Å². The van der Waals surface area contributed by atoms with Gasteiger partial charge >= 0.3 is 0 Å². The Balaban J connectivity index is 1.51. The van der Waals surface area contributed by atoms with Gasteiger partial charge in [-0.1, -0.05) is 0 Å². The van der Waals surface area contributed by atoms with Crippen LogP contribution in [0.15, 0.2) is 0 Å². The van der Waals surface area contributed by atoms with E-state index in [4.69, 9.17) is 9.47 Å². The van der Waals surface area contributed by atoms with Crippen molar-refractivity contribution in [2.75, 3.05) is 44.4 Å². The minimum absolute atomic E-state index is 0.104. The molecule has 0 aromatic carbocycles. The van der Waals surface area contributed by atoms with Crippen molar-refractivity contribution in [1.82, 2.24) is 20.5 Å². The number of hydrogen-bond acceptors (Lipinski definition) is 6. The van der Waals surface area contributed by atoms with E-state index >= 15 is 0 Å². The van der Waals surface area contributed by atoms with Crippen LogP contribution in [0.4, 0.5) is 5.95 Å². The second-order valence-electron chi connectivity index (χ2n) is 5.78. The SMILES string of the molecule is C1CC2CNCC2N(c2n[nH]c(C3COCCO3)n2)C1. The number of nitrogens with one attached hydrogen (secondary N) is 2. The average molecular weight is 279 g/mol. The molecule has 3 aliphatic heterocycles. The summed E-state index contributed by atoms with van der Waals surface area (Å²) in [5.74, 6) is 2.33. The van der Waals surface area contributed by atoms with E-state index in [1.807, 2.05) is 0 Å². The second-order valence-corrected chi connectivity index (χ2v) is 5.78. The van der Waals surface area contributed by atoms with E-state index in [2.05, 4.69) is 25.4 Å². The number of piperidine rings is 1. The highest BCUT2D eigenvalue weighted by Crippen LogP contribution is 2.29. The minimum Gasteiger partial charge on any atom is -0.376 e. The molecule has 1 aromatic heterocycles. The molecule has 4 rings (SSSR count). The molecule has 110 valence electrons. The lowest BCUT2D eigenvalue weighted by Crippen LogP contribution is -2.45. The van der Waals surface area contributed by atoms with Crippen LogP contribution in [0, 0.1) is 5.92 Å². The fourth-order valence-electron chi connectivity index (χ4n) is 3.50. The number of fused-ring (bicyclic) bond motifs is 1. The molecule has 7 heteroatoms. The van der Waals surface area contributed by atoms with Crippen molar-refractivity contribution < 1.29 is 9.47 Å². The number of hydrogen-bond donors (Lipinski definition) is 2. The van der Waals surface area contributed by atoms with Crippen LogP contribution in [0.3, 0.4) is 0 Å². The third-order valence-corrected chi connectivity index (χ3v) is 4.55. The predicted octanol–water partition coefficient (Wildman–Crippen LogP) is 0.0808. The number of anilines is 1. The molecule has 0 spiro atoms. The van der Waals surface area contributed by atoms with Crippen LogP contribution in [0.1, 0.15) is 24.8 Å². The predicted molar refractivity (Wildman–Crippen MR) is 72.6 cm³/mol. The number of ether oxygens (including phenoxy) is 2. The van der Waals surface area contributed by atoms with Crippen LogP contribution in [-0.2, 0) is 9.47 Å². The monoisotopic (exact) mass is 279 g/mol. The second kappa shape index (κ2) is 5.31. The zero-order valence-corrected chi connectivity index (χ0v) is 11.5. The van der Waals surface area contributed by atoms with E-state index < -0.39 is 0 Å². The summed E-state index contributed by atoms with van der Waals surface area (Å²) >= 11 is 0. The lowest BCUT2D eigenvalue weighted by Gasteiger charge is -2.36. The van der Waals surface area contributed by atoms with E-state index in [1.165, 1.54) is 12.8 Å². The first-order chi connectivity index (χ1) is 9.92. The molecule has 0 saturated carbocycles. The molecular weight excluding hydrogens is 258 g/mol. The third kappa shape index (κ3) is 2.19. The summed E-state index contributed by atoms with van der Waals surface area (Å²) in [6.07, 6.45) is 2.42. The standard InChI is InChI=1S/C13H21N5O2/c1-2-9-6-14-7-10(9)18(3-1)13-15-12(16-17-13)11-8-19-4-5-20-11/h9-11,14H,1-8H2,(H,15,16,17). The first kappa shape index (κ1) is 12.6. The van der Waals surface area contributed by atoms with Gasteiger partial charge in [0.1, 0.15) is 6.10 Å². The van der Waals surface area contributed by atoms with E-state index in [1.54, 1.807) is 0 Å². The molecule has 3 atom stereocenters. The first-order valence-electron chi connectivity index (χ1n) is 7.51. The maximum Gasteiger partial charge on any atom is 0.245 e. The summed E-state index contributed by atoms with van der Waals surface area (Å²) in [7, 11) is 0. The summed E-state index contributed by atoms with van der Waals surface area (Å²) in [5, 5.41) is 10.9. The van der Waals surface area contributed by atoms with Crippen molar-refractivity contribution in [3.05, 3.63) is 5.82 Å². The van der Waals surface area contributed by atoms with Gasteiger partial charge in [-0.15, -0.1) is 5.10 Å². The Morgan fingerprint density at radius 1 is 1.25 bits per heavy atom. The number of aromatic amines is 1. The van der Waals surface area contributed by atoms with Crippen molar-refractivity contribution in [2.24, 2.45) is 5.92 Å². The summed E-state index contributed by atoms with van der Waals surface area (Å²) in [5.41, 5.74) is 0. The van der Waals surface area contributed by atoms with E-state index in [0.717, 1.165) is 37.3 Å². The normalized spacial score (nSPS) is 34.2. The van der Waals surface area contributed by atoms with Gasteiger partial charge in [-0.05, 0) is 18.8 Å². The van der Waals surface area contributed by atoms with Crippen LogP contribution in [0.2, 0.25) is 0 Å². The lowest BCUT2D eigenvalue weighted by molar-refractivity contribution is -0.0933. The summed E-state index contributed by atoms with van der Waals surface area (Å²) in [4.78, 5) is 6.99. The fraction of sp³-hybridized carbons (Fsp3) is 0.846. The molecule has 7 nitrogen and oxygen atoms in total. The summed E-state index contributed by atoms with van der Waals surface area (Å²) in [6, 6.07) is 0.538. The Morgan fingerprint density at radius 3 is 3.15 bits per heavy atom. The van der Waals surface area contributed by atoms with Crippen LogP contribution in [-0.4, -0.2) is 60.7 Å². The van der Waals surface area contributed by atoms with Crippen molar-refractivity contribution in [3.63, 3.8) is 0 Å². The molecule has 0 amide bonds. The van der Waals surface area contributed by atoms with Crippen molar-refractivity contribution in [3.8, 4) is 0 Å². The van der Waals surface area contributed by atoms with E-state index in [-0.39, 0.29) is 6.10 Å². The first-order valence-corrected chi connectivity index (χ1v) is 7.51. The van der Waals surface area contributed by atoms with Gasteiger partial charge in [0.25, 0.3) is 0 Å². The highest BCUT2D eigenvalue weighted by Gasteiger charge is 2.36. The lowest BCUT2D eigenvalue weighted by atomic mass is 9.92. The van der Waals surface area contributed by atoms with Gasteiger partial charge in [0.2, 0.25) is 5.95 Å². The summed E-state index contributed by atoms with van der Waals surface area (Å²) in [6.45, 7) is 5.05. The maximum atomic E-state index is 5.66. The quantitative estimate of drug-likeness (QED) is 0.798. The number of H-pyrrole nitrogens is 1. The Kier molecular flexibility index (Phi) is 3.33. The van der Waals surface area contributed by atoms with Crippen LogP contribution >= 0.6 is 0 Å². The van der Waals surface area contributed by atoms with E-state index in [9.17, 15) is 0 Å². The van der Waals surface area contributed by atoms with Gasteiger partial charge in [0.15, 0.2) is 5.82 Å². The van der Waals surface area contributed by atoms with Gasteiger partial charge in [0, 0.05) is 25.7 Å². The molecule has 4 heterocycles. The van der Waals surface area contributed by atoms with Crippen molar-refractivity contribution in [2.45, 2.75) is 25.0 Å². The zero-order chi connectivity index (χ0) is 13.4. The molecule has 3 fully saturated rings. The molecule has 0 aliphatic carbocycles. The average Bonchev–Trinajstić information content (AvgIpc) is 3.17. The van der Waals surface area contributed by atoms with E-state index in [0.29, 0.717) is 25.9 Å². The van der Waals surface area contributed by atoms with Gasteiger partial charge in [-0.3, -0.25) is 5.10 Å². The van der Waals surface area contributed by atoms with Gasteiger partial charge in [-0.2, -0.15) is 4.98 Å². The van der Waals surface area contributed by atoms with Gasteiger partial charge in [-0.25, -0.2) is 0 Å². The fourth-order valence-corrected chi connectivity index (χ4v) is 3.50. The Morgan fingerprint density at radius 2 is 2.25 bits per heavy atom. The molecule has 20 heavy (non-hydrogen) atoms. The number of rotatable bonds is 2. The molecule has 3 unspecified atom stereocenters. The largest absolute Gasteiger partial charge is 0.376 e. The zero-order valence-electron chi connectivity index (χ0n) is 11.5. The Labute approximate surface area is 118 Å². The Bertz CT molecular complexity index is 459. The van der Waals surface area contributed by atoms with Crippen molar-refractivity contribution in [1.29, 1.82) is 0 Å². The highest BCUT2D eigenvalue weighted by atomic mass is 16.6. The third-order valence-electron chi connectivity index (χ3n) is 4.55. The highest BCUT2D eigenvalue weighted by molar-refractivity contribution is 5.33. The van der Waals surface area contributed by atoms with Crippen LogP contribution < -0.4 is 10.2 Å². The molecule has 0 radical (unpaired) electrons. The van der Waals surface area contributed by atoms with Gasteiger partial charge < -0.3 is 19.7 Å². The minimum atomic E-state index is -0.104. The molecule has 0 bridgehead atoms. The van der Waals surface area contributed by atoms with Crippen molar-refractivity contribution >= 4 is 5.95 Å². The van der Waals surface area contributed by atoms with Gasteiger partial charge in [0.05, 0.1) is 19.8 Å². The van der Waals surface area contributed by atoms with Crippen LogP contribution in [0.5, 0.6) is 0 Å². The number of nitrogens with zero attached hydrogens (tertiary/aromatic N) is 3. The Hall–Kier alpha value is -1.18. The molecule has 3 saturated heterocycles. The molecule has 3 aliphatic rings.